The number of rotatable bonds is 6. The second-order valence-electron chi connectivity index (χ2n) is 6.62. The minimum absolute atomic E-state index is 0.0150. The smallest absolute Gasteiger partial charge is 0.232 e. The fourth-order valence-electron chi connectivity index (χ4n) is 2.92. The Hall–Kier alpha value is -1.93. The van der Waals surface area contributed by atoms with Crippen LogP contribution in [-0.2, 0) is 11.3 Å². The lowest BCUT2D eigenvalue weighted by Gasteiger charge is -2.26. The molecule has 1 amide bonds. The van der Waals surface area contributed by atoms with E-state index in [1.54, 1.807) is 31.1 Å². The number of benzene rings is 1. The van der Waals surface area contributed by atoms with Gasteiger partial charge >= 0.3 is 0 Å². The van der Waals surface area contributed by atoms with Crippen LogP contribution in [0.4, 0.5) is 4.39 Å². The van der Waals surface area contributed by atoms with E-state index in [2.05, 4.69) is 15.1 Å². The van der Waals surface area contributed by atoms with Crippen molar-refractivity contribution in [1.29, 1.82) is 0 Å². The maximum absolute atomic E-state index is 13.3. The second-order valence-corrected chi connectivity index (χ2v) is 7.57. The summed E-state index contributed by atoms with van der Waals surface area (Å²) < 4.78 is 15.3. The Kier molecular flexibility index (Phi) is 6.26. The molecule has 0 radical (unpaired) electrons. The summed E-state index contributed by atoms with van der Waals surface area (Å²) in [7, 11) is 3.46. The Morgan fingerprint density at radius 1 is 1.15 bits per heavy atom. The molecular formula is C18H24FN5OS. The van der Waals surface area contributed by atoms with E-state index in [1.807, 2.05) is 4.57 Å². The van der Waals surface area contributed by atoms with Gasteiger partial charge < -0.3 is 4.90 Å². The van der Waals surface area contributed by atoms with Gasteiger partial charge in [-0.2, -0.15) is 0 Å². The van der Waals surface area contributed by atoms with Gasteiger partial charge in [0.05, 0.1) is 12.3 Å². The molecular weight excluding hydrogens is 353 g/mol. The predicted molar refractivity (Wildman–Crippen MR) is 99.9 cm³/mol. The van der Waals surface area contributed by atoms with Crippen LogP contribution < -0.4 is 0 Å². The average Bonchev–Trinajstić information content (AvgIpc) is 3.03. The van der Waals surface area contributed by atoms with Gasteiger partial charge in [-0.15, -0.1) is 10.2 Å². The Balaban J connectivity index is 1.85. The molecule has 0 saturated carbocycles. The predicted octanol–water partition coefficient (Wildman–Crippen LogP) is 2.57. The first-order valence-electron chi connectivity index (χ1n) is 8.80. The molecule has 1 aromatic carbocycles. The summed E-state index contributed by atoms with van der Waals surface area (Å²) >= 11 is 1.35. The Morgan fingerprint density at radius 2 is 1.85 bits per heavy atom. The summed E-state index contributed by atoms with van der Waals surface area (Å²) in [6.45, 7) is 2.81. The van der Waals surface area contributed by atoms with Crippen LogP contribution in [0.15, 0.2) is 29.4 Å². The summed E-state index contributed by atoms with van der Waals surface area (Å²) in [5.74, 6) is 0.840. The highest BCUT2D eigenvalue weighted by molar-refractivity contribution is 7.99. The number of hydrogen-bond acceptors (Lipinski definition) is 5. The number of amides is 1. The van der Waals surface area contributed by atoms with E-state index in [0.717, 1.165) is 24.6 Å². The third-order valence-electron chi connectivity index (χ3n) is 4.42. The van der Waals surface area contributed by atoms with Crippen LogP contribution in [0.3, 0.4) is 0 Å². The molecule has 2 aromatic rings. The molecule has 1 aromatic heterocycles. The standard InChI is InChI=1S/C18H24FN5OS/c1-22(2)17(25)13-26-18-21-20-16(12-23-10-4-3-5-11-23)24(18)15-8-6-14(19)7-9-15/h6-9H,3-5,10-13H2,1-2H3. The molecule has 140 valence electrons. The summed E-state index contributed by atoms with van der Waals surface area (Å²) in [4.78, 5) is 15.8. The Morgan fingerprint density at radius 3 is 2.50 bits per heavy atom. The van der Waals surface area contributed by atoms with E-state index in [4.69, 9.17) is 0 Å². The molecule has 8 heteroatoms. The lowest BCUT2D eigenvalue weighted by molar-refractivity contribution is -0.125. The van der Waals surface area contributed by atoms with E-state index in [1.165, 1.54) is 43.2 Å². The number of aromatic nitrogens is 3. The number of piperidine rings is 1. The molecule has 0 bridgehead atoms. The minimum atomic E-state index is -0.281. The monoisotopic (exact) mass is 377 g/mol. The first kappa shape index (κ1) is 18.8. The molecule has 26 heavy (non-hydrogen) atoms. The first-order valence-corrected chi connectivity index (χ1v) is 9.78. The quantitative estimate of drug-likeness (QED) is 0.724. The SMILES string of the molecule is CN(C)C(=O)CSc1nnc(CN2CCCCC2)n1-c1ccc(F)cc1. The molecule has 6 nitrogen and oxygen atoms in total. The molecule has 3 rings (SSSR count). The second kappa shape index (κ2) is 8.64. The van der Waals surface area contributed by atoms with Crippen LogP contribution in [0.25, 0.3) is 5.69 Å². The van der Waals surface area contributed by atoms with E-state index in [-0.39, 0.29) is 17.5 Å². The molecule has 1 saturated heterocycles. The van der Waals surface area contributed by atoms with Crippen LogP contribution in [-0.4, -0.2) is 63.4 Å². The number of carbonyl (C=O) groups excluding carboxylic acids is 1. The molecule has 1 aliphatic heterocycles. The fraction of sp³-hybridized carbons (Fsp3) is 0.500. The lowest BCUT2D eigenvalue weighted by Crippen LogP contribution is -2.30. The molecule has 1 aliphatic rings. The van der Waals surface area contributed by atoms with Gasteiger partial charge in [0.1, 0.15) is 5.82 Å². The highest BCUT2D eigenvalue weighted by atomic mass is 32.2. The van der Waals surface area contributed by atoms with Crippen molar-refractivity contribution in [2.24, 2.45) is 0 Å². The van der Waals surface area contributed by atoms with Crippen LogP contribution in [0.1, 0.15) is 25.1 Å². The zero-order chi connectivity index (χ0) is 18.5. The van der Waals surface area contributed by atoms with Gasteiger partial charge in [-0.25, -0.2) is 4.39 Å². The fourth-order valence-corrected chi connectivity index (χ4v) is 3.87. The maximum Gasteiger partial charge on any atom is 0.232 e. The molecule has 0 atom stereocenters. The summed E-state index contributed by atoms with van der Waals surface area (Å²) in [6.07, 6.45) is 3.67. The third-order valence-corrected chi connectivity index (χ3v) is 5.34. The largest absolute Gasteiger partial charge is 0.348 e. The average molecular weight is 377 g/mol. The maximum atomic E-state index is 13.3. The van der Waals surface area contributed by atoms with Crippen molar-refractivity contribution in [1.82, 2.24) is 24.6 Å². The summed E-state index contributed by atoms with van der Waals surface area (Å²) in [5.41, 5.74) is 0.809. The van der Waals surface area contributed by atoms with Crippen LogP contribution in [0.5, 0.6) is 0 Å². The molecule has 0 spiro atoms. The van der Waals surface area contributed by atoms with Crippen LogP contribution >= 0.6 is 11.8 Å². The van der Waals surface area contributed by atoms with Crippen molar-refractivity contribution >= 4 is 17.7 Å². The van der Waals surface area contributed by atoms with Crippen molar-refractivity contribution in [2.75, 3.05) is 32.9 Å². The number of thioether (sulfide) groups is 1. The van der Waals surface area contributed by atoms with Gasteiger partial charge in [0.25, 0.3) is 0 Å². The van der Waals surface area contributed by atoms with Crippen molar-refractivity contribution in [3.63, 3.8) is 0 Å². The zero-order valence-electron chi connectivity index (χ0n) is 15.2. The number of hydrogen-bond donors (Lipinski definition) is 0. The van der Waals surface area contributed by atoms with E-state index >= 15 is 0 Å². The highest BCUT2D eigenvalue weighted by Crippen LogP contribution is 2.24. The highest BCUT2D eigenvalue weighted by Gasteiger charge is 2.19. The summed E-state index contributed by atoms with van der Waals surface area (Å²) in [5, 5.41) is 9.31. The number of carbonyl (C=O) groups is 1. The topological polar surface area (TPSA) is 54.3 Å². The van der Waals surface area contributed by atoms with Crippen molar-refractivity contribution in [3.05, 3.63) is 35.9 Å². The minimum Gasteiger partial charge on any atom is -0.348 e. The number of nitrogens with zero attached hydrogens (tertiary/aromatic N) is 5. The number of likely N-dealkylation sites (tertiary alicyclic amines) is 1. The Labute approximate surface area is 157 Å². The van der Waals surface area contributed by atoms with Gasteiger partial charge in [0.2, 0.25) is 5.91 Å². The molecule has 1 fully saturated rings. The number of halogens is 1. The van der Waals surface area contributed by atoms with E-state index in [0.29, 0.717) is 11.7 Å². The van der Waals surface area contributed by atoms with Gasteiger partial charge in [-0.3, -0.25) is 14.3 Å². The molecule has 2 heterocycles. The third kappa shape index (κ3) is 4.62. The van der Waals surface area contributed by atoms with Gasteiger partial charge in [-0.05, 0) is 50.2 Å². The van der Waals surface area contributed by atoms with Crippen LogP contribution in [0.2, 0.25) is 0 Å². The van der Waals surface area contributed by atoms with Gasteiger partial charge in [-0.1, -0.05) is 18.2 Å². The Bertz CT molecular complexity index is 741. The van der Waals surface area contributed by atoms with Crippen molar-refractivity contribution in [3.8, 4) is 5.69 Å². The summed E-state index contributed by atoms with van der Waals surface area (Å²) in [6, 6.07) is 6.30. The lowest BCUT2D eigenvalue weighted by atomic mass is 10.1. The normalized spacial score (nSPS) is 15.2. The van der Waals surface area contributed by atoms with Gasteiger partial charge in [0, 0.05) is 19.8 Å². The molecule has 0 aliphatic carbocycles. The first-order chi connectivity index (χ1) is 12.5. The van der Waals surface area contributed by atoms with Gasteiger partial charge in [0.15, 0.2) is 11.0 Å². The van der Waals surface area contributed by atoms with E-state index < -0.39 is 0 Å². The molecule has 0 N–H and O–H groups in total. The zero-order valence-corrected chi connectivity index (χ0v) is 16.0. The van der Waals surface area contributed by atoms with Crippen molar-refractivity contribution < 1.29 is 9.18 Å². The van der Waals surface area contributed by atoms with Crippen molar-refractivity contribution in [2.45, 2.75) is 31.0 Å². The molecule has 0 unspecified atom stereocenters. The van der Waals surface area contributed by atoms with Crippen LogP contribution in [0, 0.1) is 5.82 Å². The van der Waals surface area contributed by atoms with E-state index in [9.17, 15) is 9.18 Å².